The molecule has 12 heteroatoms. The lowest BCUT2D eigenvalue weighted by Crippen LogP contribution is -2.44. The summed E-state index contributed by atoms with van der Waals surface area (Å²) >= 11 is 0. The Hall–Kier alpha value is -4.42. The third-order valence-electron chi connectivity index (χ3n) is 6.78. The van der Waals surface area contributed by atoms with Crippen LogP contribution >= 0.6 is 0 Å². The van der Waals surface area contributed by atoms with Gasteiger partial charge in [-0.2, -0.15) is 18.3 Å². The smallest absolute Gasteiger partial charge is 0.382 e. The number of halogens is 3. The zero-order valence-corrected chi connectivity index (χ0v) is 21.9. The minimum Gasteiger partial charge on any atom is -0.382 e. The Balaban J connectivity index is 1.23. The van der Waals surface area contributed by atoms with Gasteiger partial charge in [-0.25, -0.2) is 9.67 Å². The van der Waals surface area contributed by atoms with Gasteiger partial charge in [0.25, 0.3) is 0 Å². The summed E-state index contributed by atoms with van der Waals surface area (Å²) in [6.07, 6.45) is -1.10. The van der Waals surface area contributed by atoms with E-state index < -0.39 is 11.7 Å². The fourth-order valence-electron chi connectivity index (χ4n) is 4.56. The molecule has 2 aromatic carbocycles. The topological polar surface area (TPSA) is 111 Å². The number of pyridine rings is 1. The molecule has 2 aromatic heterocycles. The van der Waals surface area contributed by atoms with Crippen molar-refractivity contribution in [1.29, 1.82) is 5.41 Å². The van der Waals surface area contributed by atoms with E-state index >= 15 is 0 Å². The highest BCUT2D eigenvalue weighted by Crippen LogP contribution is 2.34. The van der Waals surface area contributed by atoms with Gasteiger partial charge in [0.2, 0.25) is 0 Å². The lowest BCUT2D eigenvalue weighted by atomic mass is 10.0. The molecule has 0 amide bonds. The fraction of sp³-hybridized carbons (Fsp3) is 0.250. The largest absolute Gasteiger partial charge is 0.416 e. The van der Waals surface area contributed by atoms with E-state index in [0.717, 1.165) is 43.5 Å². The Morgan fingerprint density at radius 1 is 0.975 bits per heavy atom. The second kappa shape index (κ2) is 11.4. The van der Waals surface area contributed by atoms with Crippen molar-refractivity contribution >= 4 is 23.2 Å². The Morgan fingerprint density at radius 2 is 1.68 bits per heavy atom. The number of alkyl halides is 3. The number of piperazine rings is 1. The quantitative estimate of drug-likeness (QED) is 0.203. The third kappa shape index (κ3) is 6.41. The van der Waals surface area contributed by atoms with Crippen LogP contribution in [-0.4, -0.2) is 63.8 Å². The Bertz CT molecular complexity index is 1470. The molecule has 1 aliphatic rings. The first-order chi connectivity index (χ1) is 19.2. The number of hydrogen-bond donors (Lipinski definition) is 4. The maximum atomic E-state index is 13.9. The highest BCUT2D eigenvalue weighted by Gasteiger charge is 2.34. The zero-order valence-electron chi connectivity index (χ0n) is 21.9. The Morgan fingerprint density at radius 3 is 2.38 bits per heavy atom. The van der Waals surface area contributed by atoms with Crippen LogP contribution in [-0.2, 0) is 12.7 Å². The van der Waals surface area contributed by atoms with Crippen molar-refractivity contribution in [2.24, 2.45) is 0 Å². The summed E-state index contributed by atoms with van der Waals surface area (Å²) in [5, 5.41) is 18.4. The molecule has 0 bridgehead atoms. The van der Waals surface area contributed by atoms with E-state index in [1.54, 1.807) is 41.3 Å². The molecule has 3 heterocycles. The molecule has 5 N–H and O–H groups in total. The van der Waals surface area contributed by atoms with Crippen LogP contribution < -0.4 is 16.4 Å². The van der Waals surface area contributed by atoms with Crippen LogP contribution in [0.1, 0.15) is 11.1 Å². The minimum absolute atomic E-state index is 0.149. The molecule has 40 heavy (non-hydrogen) atoms. The lowest BCUT2D eigenvalue weighted by Gasteiger charge is -2.33. The molecule has 0 unspecified atom stereocenters. The molecule has 0 radical (unpaired) electrons. The zero-order chi connectivity index (χ0) is 28.3. The van der Waals surface area contributed by atoms with Gasteiger partial charge < -0.3 is 21.3 Å². The van der Waals surface area contributed by atoms with Gasteiger partial charge in [0.1, 0.15) is 11.5 Å². The number of nitrogens with zero attached hydrogens (tertiary/aromatic N) is 5. The normalized spacial score (nSPS) is 14.7. The number of likely N-dealkylation sites (N-methyl/N-ethyl adjacent to an activating group) is 1. The van der Waals surface area contributed by atoms with Crippen LogP contribution in [0, 0.1) is 5.41 Å². The first-order valence-electron chi connectivity index (χ1n) is 12.8. The monoisotopic (exact) mass is 549 g/mol. The van der Waals surface area contributed by atoms with Crippen LogP contribution in [0.15, 0.2) is 73.1 Å². The van der Waals surface area contributed by atoms with E-state index in [-0.39, 0.29) is 23.8 Å². The summed E-state index contributed by atoms with van der Waals surface area (Å²) in [4.78, 5) is 8.27. The van der Waals surface area contributed by atoms with Gasteiger partial charge in [-0.3, -0.25) is 10.3 Å². The van der Waals surface area contributed by atoms with Crippen LogP contribution in [0.2, 0.25) is 0 Å². The molecule has 0 atom stereocenters. The molecule has 1 saturated heterocycles. The molecule has 1 aliphatic heterocycles. The van der Waals surface area contributed by atoms with Crippen molar-refractivity contribution in [3.05, 3.63) is 84.2 Å². The van der Waals surface area contributed by atoms with Gasteiger partial charge in [-0.1, -0.05) is 18.2 Å². The average molecular weight is 550 g/mol. The summed E-state index contributed by atoms with van der Waals surface area (Å²) in [6, 6.07) is 16.8. The third-order valence-corrected chi connectivity index (χ3v) is 6.78. The van der Waals surface area contributed by atoms with Crippen molar-refractivity contribution in [2.75, 3.05) is 49.6 Å². The van der Waals surface area contributed by atoms with Gasteiger partial charge in [-0.05, 0) is 55.1 Å². The number of nitrogens with two attached hydrogens (primary N) is 1. The molecule has 5 rings (SSSR count). The predicted octanol–water partition coefficient (Wildman–Crippen LogP) is 4.74. The second-order valence-electron chi connectivity index (χ2n) is 9.70. The van der Waals surface area contributed by atoms with E-state index in [4.69, 9.17) is 11.1 Å². The number of anilines is 3. The molecule has 208 valence electrons. The van der Waals surface area contributed by atoms with E-state index in [1.165, 1.54) is 6.07 Å². The first kappa shape index (κ1) is 27.2. The minimum atomic E-state index is -4.50. The standard InChI is InChI=1S/C28H30F3N9/c1-38-13-15-39(16-14-38)18-20-6-9-22(17-23(20)28(29,30)31)36-27(33)35-21-7-4-19(5-8-21)24-10-12-40(37-24)25-3-2-11-34-26(25)32/h2-12,17H,13-16,18H2,1H3,(H2,32,34)(H3,33,35,36). The van der Waals surface area contributed by atoms with Gasteiger partial charge in [0, 0.05) is 62.1 Å². The van der Waals surface area contributed by atoms with E-state index in [2.05, 4.69) is 25.6 Å². The molecular formula is C28H30F3N9. The average Bonchev–Trinajstić information content (AvgIpc) is 3.41. The van der Waals surface area contributed by atoms with Gasteiger partial charge in [0.15, 0.2) is 5.96 Å². The molecule has 0 spiro atoms. The van der Waals surface area contributed by atoms with Crippen LogP contribution in [0.25, 0.3) is 16.9 Å². The van der Waals surface area contributed by atoms with Crippen molar-refractivity contribution in [1.82, 2.24) is 24.6 Å². The first-order valence-corrected chi connectivity index (χ1v) is 12.8. The Labute approximate surface area is 229 Å². The lowest BCUT2D eigenvalue weighted by molar-refractivity contribution is -0.138. The summed E-state index contributed by atoms with van der Waals surface area (Å²) in [6.45, 7) is 3.34. The van der Waals surface area contributed by atoms with E-state index in [0.29, 0.717) is 17.2 Å². The number of benzene rings is 2. The number of rotatable bonds is 6. The van der Waals surface area contributed by atoms with E-state index in [1.807, 2.05) is 36.2 Å². The fourth-order valence-corrected chi connectivity index (χ4v) is 4.56. The van der Waals surface area contributed by atoms with Crippen molar-refractivity contribution < 1.29 is 13.2 Å². The molecule has 1 fully saturated rings. The van der Waals surface area contributed by atoms with Crippen molar-refractivity contribution in [3.63, 3.8) is 0 Å². The maximum Gasteiger partial charge on any atom is 0.416 e. The summed E-state index contributed by atoms with van der Waals surface area (Å²) in [7, 11) is 2.01. The summed E-state index contributed by atoms with van der Waals surface area (Å²) < 4.78 is 43.3. The molecule has 9 nitrogen and oxygen atoms in total. The maximum absolute atomic E-state index is 13.9. The number of hydrogen-bond acceptors (Lipinski definition) is 6. The van der Waals surface area contributed by atoms with Gasteiger partial charge >= 0.3 is 6.18 Å². The van der Waals surface area contributed by atoms with Gasteiger partial charge in [0.05, 0.1) is 11.3 Å². The SMILES string of the molecule is CN1CCN(Cc2ccc(NC(=N)Nc3ccc(-c4ccn(-c5cccnc5N)n4)cc3)cc2C(F)(F)F)CC1. The summed E-state index contributed by atoms with van der Waals surface area (Å²) in [5.41, 5.74) is 8.49. The predicted molar refractivity (Wildman–Crippen MR) is 150 cm³/mol. The highest BCUT2D eigenvalue weighted by molar-refractivity contribution is 6.01. The number of nitrogen functional groups attached to an aromatic ring is 1. The number of aromatic nitrogens is 3. The molecule has 4 aromatic rings. The molecule has 0 saturated carbocycles. The van der Waals surface area contributed by atoms with Gasteiger partial charge in [-0.15, -0.1) is 0 Å². The highest BCUT2D eigenvalue weighted by atomic mass is 19.4. The summed E-state index contributed by atoms with van der Waals surface area (Å²) in [5.74, 6) is 0.221. The van der Waals surface area contributed by atoms with Crippen molar-refractivity contribution in [2.45, 2.75) is 12.7 Å². The Kier molecular flexibility index (Phi) is 7.71. The molecular weight excluding hydrogens is 519 g/mol. The van der Waals surface area contributed by atoms with Crippen LogP contribution in [0.5, 0.6) is 0 Å². The van der Waals surface area contributed by atoms with Crippen molar-refractivity contribution in [3.8, 4) is 16.9 Å². The number of nitrogens with one attached hydrogen (secondary N) is 3. The molecule has 0 aliphatic carbocycles. The second-order valence-corrected chi connectivity index (χ2v) is 9.70. The van der Waals surface area contributed by atoms with Crippen LogP contribution in [0.4, 0.5) is 30.4 Å². The van der Waals surface area contributed by atoms with Crippen LogP contribution in [0.3, 0.4) is 0 Å². The van der Waals surface area contributed by atoms with E-state index in [9.17, 15) is 13.2 Å². The number of guanidine groups is 1.